The van der Waals surface area contributed by atoms with Crippen LogP contribution >= 0.6 is 0 Å². The Morgan fingerprint density at radius 2 is 2.09 bits per heavy atom. The Morgan fingerprint density at radius 3 is 2.70 bits per heavy atom. The summed E-state index contributed by atoms with van der Waals surface area (Å²) in [4.78, 5) is 22.8. The molecule has 0 saturated carbocycles. The SMILES string of the molecule is Cn1c(=O)oc2cc(C[N-]C(CCC(C)(C)C)C(=O)O)ccc21. The maximum atomic E-state index is 11.5. The lowest BCUT2D eigenvalue weighted by atomic mass is 9.88. The Labute approximate surface area is 135 Å². The minimum Gasteiger partial charge on any atom is -0.646 e. The number of aromatic nitrogens is 1. The molecular weight excluding hydrogens is 296 g/mol. The largest absolute Gasteiger partial charge is 0.646 e. The molecule has 0 bridgehead atoms. The summed E-state index contributed by atoms with van der Waals surface area (Å²) in [6, 6.07) is 4.65. The van der Waals surface area contributed by atoms with Crippen LogP contribution in [0.5, 0.6) is 0 Å². The quantitative estimate of drug-likeness (QED) is 0.885. The highest BCUT2D eigenvalue weighted by Gasteiger charge is 2.14. The van der Waals surface area contributed by atoms with E-state index in [-0.39, 0.29) is 12.0 Å². The Bertz CT molecular complexity index is 752. The first kappa shape index (κ1) is 17.3. The van der Waals surface area contributed by atoms with Crippen LogP contribution in [0.4, 0.5) is 0 Å². The third-order valence-corrected chi connectivity index (χ3v) is 3.80. The van der Waals surface area contributed by atoms with E-state index in [1.54, 1.807) is 19.2 Å². The van der Waals surface area contributed by atoms with Gasteiger partial charge >= 0.3 is 5.76 Å². The topological polar surface area (TPSA) is 86.5 Å². The predicted molar refractivity (Wildman–Crippen MR) is 88.6 cm³/mol. The Kier molecular flexibility index (Phi) is 4.94. The fraction of sp³-hybridized carbons (Fsp3) is 0.529. The number of aliphatic carboxylic acids is 1. The second-order valence-corrected chi connectivity index (χ2v) is 7.02. The van der Waals surface area contributed by atoms with Crippen molar-refractivity contribution in [1.29, 1.82) is 0 Å². The summed E-state index contributed by atoms with van der Waals surface area (Å²) in [7, 11) is 1.64. The van der Waals surface area contributed by atoms with Crippen molar-refractivity contribution in [3.63, 3.8) is 0 Å². The first-order valence-corrected chi connectivity index (χ1v) is 7.65. The van der Waals surface area contributed by atoms with Gasteiger partial charge in [0.25, 0.3) is 5.97 Å². The zero-order valence-electron chi connectivity index (χ0n) is 14.0. The molecule has 0 saturated heterocycles. The smallest absolute Gasteiger partial charge is 0.419 e. The molecule has 0 aliphatic heterocycles. The van der Waals surface area contributed by atoms with E-state index < -0.39 is 17.8 Å². The van der Waals surface area contributed by atoms with Gasteiger partial charge in [0.05, 0.1) is 5.52 Å². The number of carboxylic acids is 1. The average molecular weight is 319 g/mol. The maximum Gasteiger partial charge on any atom is 0.419 e. The highest BCUT2D eigenvalue weighted by molar-refractivity contribution is 5.76. The summed E-state index contributed by atoms with van der Waals surface area (Å²) in [6.07, 6.45) is 1.31. The lowest BCUT2D eigenvalue weighted by molar-refractivity contribution is -0.138. The fourth-order valence-corrected chi connectivity index (χ4v) is 2.35. The molecule has 1 N–H and O–H groups in total. The van der Waals surface area contributed by atoms with E-state index in [1.165, 1.54) is 4.57 Å². The molecule has 1 unspecified atom stereocenters. The number of rotatable bonds is 6. The second-order valence-electron chi connectivity index (χ2n) is 7.02. The number of fused-ring (bicyclic) bond motifs is 1. The molecule has 6 heteroatoms. The normalized spacial score (nSPS) is 13.4. The zero-order chi connectivity index (χ0) is 17.2. The molecule has 1 aromatic carbocycles. The molecular formula is C17H23N2O4-. The van der Waals surface area contributed by atoms with Gasteiger partial charge in [-0.1, -0.05) is 38.8 Å². The number of hydrogen-bond acceptors (Lipinski definition) is 3. The number of nitrogens with zero attached hydrogens (tertiary/aromatic N) is 2. The van der Waals surface area contributed by atoms with Crippen LogP contribution in [0, 0.1) is 5.41 Å². The molecule has 0 radical (unpaired) electrons. The molecule has 6 nitrogen and oxygen atoms in total. The second kappa shape index (κ2) is 6.58. The Morgan fingerprint density at radius 1 is 1.39 bits per heavy atom. The van der Waals surface area contributed by atoms with Crippen LogP contribution in [-0.4, -0.2) is 21.7 Å². The average Bonchev–Trinajstić information content (AvgIpc) is 2.72. The summed E-state index contributed by atoms with van der Waals surface area (Å²) in [5.41, 5.74) is 2.11. The van der Waals surface area contributed by atoms with Crippen LogP contribution < -0.4 is 5.76 Å². The lowest BCUT2D eigenvalue weighted by Crippen LogP contribution is -2.22. The standard InChI is InChI=1S/C17H23N2O4/c1-17(2,3)8-7-12(15(20)21)18-10-11-5-6-13-14(9-11)23-16(22)19(13)4/h5-6,9,12H,7-8,10H2,1-4H3,(H,20,21)/q-1. The van der Waals surface area contributed by atoms with Crippen molar-refractivity contribution in [2.45, 2.75) is 46.2 Å². The van der Waals surface area contributed by atoms with Gasteiger partial charge in [-0.25, -0.2) is 4.79 Å². The van der Waals surface area contributed by atoms with Crippen LogP contribution in [-0.2, 0) is 18.4 Å². The summed E-state index contributed by atoms with van der Waals surface area (Å²) >= 11 is 0. The molecule has 23 heavy (non-hydrogen) atoms. The first-order valence-electron chi connectivity index (χ1n) is 7.65. The van der Waals surface area contributed by atoms with Crippen molar-refractivity contribution in [2.24, 2.45) is 12.5 Å². The van der Waals surface area contributed by atoms with Crippen LogP contribution in [0.3, 0.4) is 0 Å². The highest BCUT2D eigenvalue weighted by atomic mass is 16.4. The zero-order valence-corrected chi connectivity index (χ0v) is 14.0. The number of carboxylic acid groups (broad SMARTS) is 1. The van der Waals surface area contributed by atoms with Crippen molar-refractivity contribution < 1.29 is 14.3 Å². The van der Waals surface area contributed by atoms with E-state index in [1.807, 2.05) is 6.07 Å². The van der Waals surface area contributed by atoms with E-state index in [0.717, 1.165) is 12.0 Å². The van der Waals surface area contributed by atoms with Gasteiger partial charge in [-0.2, -0.15) is 0 Å². The summed E-state index contributed by atoms with van der Waals surface area (Å²) < 4.78 is 6.57. The number of carbonyl (C=O) groups is 1. The molecule has 2 rings (SSSR count). The van der Waals surface area contributed by atoms with Crippen molar-refractivity contribution in [3.8, 4) is 0 Å². The van der Waals surface area contributed by atoms with Gasteiger partial charge in [0.15, 0.2) is 5.58 Å². The maximum absolute atomic E-state index is 11.5. The number of hydrogen-bond donors (Lipinski definition) is 1. The summed E-state index contributed by atoms with van der Waals surface area (Å²) in [5, 5.41) is 13.6. The van der Waals surface area contributed by atoms with Gasteiger partial charge < -0.3 is 14.8 Å². The van der Waals surface area contributed by atoms with Crippen molar-refractivity contribution >= 4 is 17.1 Å². The third-order valence-electron chi connectivity index (χ3n) is 3.80. The first-order chi connectivity index (χ1) is 10.7. The highest BCUT2D eigenvalue weighted by Crippen LogP contribution is 2.25. The number of benzene rings is 1. The van der Waals surface area contributed by atoms with Crippen molar-refractivity contribution in [2.75, 3.05) is 0 Å². The van der Waals surface area contributed by atoms with E-state index in [9.17, 15) is 14.7 Å². The molecule has 126 valence electrons. The number of oxazole rings is 1. The van der Waals surface area contributed by atoms with Crippen LogP contribution in [0.25, 0.3) is 16.4 Å². The molecule has 0 spiro atoms. The molecule has 1 aromatic heterocycles. The van der Waals surface area contributed by atoms with Gasteiger partial charge in [-0.3, -0.25) is 9.36 Å². The van der Waals surface area contributed by atoms with Crippen LogP contribution in [0.15, 0.2) is 27.4 Å². The van der Waals surface area contributed by atoms with Gasteiger partial charge in [0, 0.05) is 7.05 Å². The Hall–Kier alpha value is -2.08. The molecule has 1 atom stereocenters. The molecule has 0 aliphatic rings. The van der Waals surface area contributed by atoms with Gasteiger partial charge in [-0.05, 0) is 30.0 Å². The lowest BCUT2D eigenvalue weighted by Gasteiger charge is -2.30. The fourth-order valence-electron chi connectivity index (χ4n) is 2.35. The third kappa shape index (κ3) is 4.45. The molecule has 0 fully saturated rings. The molecule has 2 aromatic rings. The summed E-state index contributed by atoms with van der Waals surface area (Å²) in [6.45, 7) is 6.53. The predicted octanol–water partition coefficient (Wildman–Crippen LogP) is 3.28. The van der Waals surface area contributed by atoms with E-state index >= 15 is 0 Å². The minimum absolute atomic E-state index is 0.0789. The number of aryl methyl sites for hydroxylation is 1. The van der Waals surface area contributed by atoms with Crippen molar-refractivity contribution in [3.05, 3.63) is 39.6 Å². The Balaban J connectivity index is 2.05. The molecule has 1 heterocycles. The van der Waals surface area contributed by atoms with Crippen LogP contribution in [0.2, 0.25) is 0 Å². The van der Waals surface area contributed by atoms with E-state index in [0.29, 0.717) is 17.5 Å². The van der Waals surface area contributed by atoms with Crippen LogP contribution in [0.1, 0.15) is 39.2 Å². The van der Waals surface area contributed by atoms with E-state index in [2.05, 4.69) is 26.1 Å². The van der Waals surface area contributed by atoms with Gasteiger partial charge in [0.1, 0.15) is 0 Å². The van der Waals surface area contributed by atoms with Gasteiger partial charge in [0.2, 0.25) is 0 Å². The van der Waals surface area contributed by atoms with Gasteiger partial charge in [-0.15, -0.1) is 6.54 Å². The summed E-state index contributed by atoms with van der Waals surface area (Å²) in [5.74, 6) is -1.32. The van der Waals surface area contributed by atoms with E-state index in [4.69, 9.17) is 4.42 Å². The molecule has 0 amide bonds. The monoisotopic (exact) mass is 319 g/mol. The van der Waals surface area contributed by atoms with Crippen molar-refractivity contribution in [1.82, 2.24) is 4.57 Å². The minimum atomic E-state index is -0.901. The molecule has 0 aliphatic carbocycles.